The Morgan fingerprint density at radius 3 is 2.04 bits per heavy atom. The number of aryl methyl sites for hydroxylation is 1. The molecule has 3 aromatic rings. The maximum absolute atomic E-state index is 12.8. The van der Waals surface area contributed by atoms with Crippen LogP contribution in [0.15, 0.2) is 73.3 Å². The fourth-order valence-corrected chi connectivity index (χ4v) is 2.80. The number of rotatable bonds is 7. The Morgan fingerprint density at radius 2 is 1.44 bits per heavy atom. The molecule has 0 aliphatic carbocycles. The minimum absolute atomic E-state index is 0.109. The number of benzene rings is 1. The molecule has 0 radical (unpaired) electrons. The first kappa shape index (κ1) is 18.6. The van der Waals surface area contributed by atoms with Crippen molar-refractivity contribution >= 4 is 6.03 Å². The van der Waals surface area contributed by atoms with Gasteiger partial charge >= 0.3 is 6.03 Å². The summed E-state index contributed by atoms with van der Waals surface area (Å²) >= 11 is 0. The maximum atomic E-state index is 12.8. The smallest absolute Gasteiger partial charge is 0.318 e. The second-order valence-corrected chi connectivity index (χ2v) is 6.41. The van der Waals surface area contributed by atoms with E-state index in [0.29, 0.717) is 19.6 Å². The van der Waals surface area contributed by atoms with Crippen molar-refractivity contribution in [3.8, 4) is 0 Å². The molecule has 0 spiro atoms. The Hall–Kier alpha value is -3.21. The summed E-state index contributed by atoms with van der Waals surface area (Å²) < 4.78 is 0. The number of hydrogen-bond donors (Lipinski definition) is 1. The number of nitrogens with zero attached hydrogens (tertiary/aromatic N) is 3. The Bertz CT molecular complexity index is 835. The highest BCUT2D eigenvalue weighted by Gasteiger charge is 2.14. The lowest BCUT2D eigenvalue weighted by molar-refractivity contribution is 0.191. The molecule has 0 atom stereocenters. The van der Waals surface area contributed by atoms with Gasteiger partial charge in [-0.05, 0) is 40.8 Å². The van der Waals surface area contributed by atoms with E-state index in [4.69, 9.17) is 0 Å². The third kappa shape index (κ3) is 5.64. The summed E-state index contributed by atoms with van der Waals surface area (Å²) in [5.74, 6) is 0. The molecule has 2 aromatic heterocycles. The lowest BCUT2D eigenvalue weighted by atomic mass is 10.1. The number of urea groups is 1. The van der Waals surface area contributed by atoms with Crippen molar-refractivity contribution in [1.29, 1.82) is 0 Å². The molecule has 0 unspecified atom stereocenters. The zero-order valence-electron chi connectivity index (χ0n) is 15.5. The number of hydrogen-bond acceptors (Lipinski definition) is 3. The second-order valence-electron chi connectivity index (χ2n) is 6.41. The van der Waals surface area contributed by atoms with E-state index >= 15 is 0 Å². The highest BCUT2D eigenvalue weighted by molar-refractivity contribution is 5.74. The van der Waals surface area contributed by atoms with Gasteiger partial charge in [0.05, 0.1) is 0 Å². The Balaban J connectivity index is 1.70. The number of nitrogens with one attached hydrogen (secondary N) is 1. The van der Waals surface area contributed by atoms with Gasteiger partial charge in [0.15, 0.2) is 0 Å². The lowest BCUT2D eigenvalue weighted by Crippen LogP contribution is -2.38. The standard InChI is InChI=1S/C22H24N4O/c1-2-18-7-9-19(10-8-18)16-26(17-21-6-4-12-24-14-21)22(27)25-15-20-5-3-11-23-13-20/h3-14H,2,15-17H2,1H3,(H,25,27). The number of amides is 2. The van der Waals surface area contributed by atoms with Gasteiger partial charge in [-0.1, -0.05) is 43.3 Å². The van der Waals surface area contributed by atoms with Gasteiger partial charge < -0.3 is 10.2 Å². The SMILES string of the molecule is CCc1ccc(CN(Cc2cccnc2)C(=O)NCc2cccnc2)cc1. The molecule has 0 fully saturated rings. The Labute approximate surface area is 160 Å². The van der Waals surface area contributed by atoms with Crippen molar-refractivity contribution in [2.75, 3.05) is 0 Å². The van der Waals surface area contributed by atoms with Crippen molar-refractivity contribution < 1.29 is 4.79 Å². The summed E-state index contributed by atoms with van der Waals surface area (Å²) in [4.78, 5) is 22.9. The normalized spacial score (nSPS) is 10.4. The molecule has 3 rings (SSSR count). The molecule has 0 saturated carbocycles. The summed E-state index contributed by atoms with van der Waals surface area (Å²) in [6, 6.07) is 16.0. The first-order valence-corrected chi connectivity index (χ1v) is 9.13. The van der Waals surface area contributed by atoms with E-state index in [1.165, 1.54) is 5.56 Å². The van der Waals surface area contributed by atoms with Crippen LogP contribution in [0.4, 0.5) is 4.79 Å². The summed E-state index contributed by atoms with van der Waals surface area (Å²) in [6.07, 6.45) is 8.02. The molecule has 2 amide bonds. The van der Waals surface area contributed by atoms with E-state index in [1.807, 2.05) is 24.3 Å². The van der Waals surface area contributed by atoms with Crippen molar-refractivity contribution in [3.63, 3.8) is 0 Å². The molecule has 1 aromatic carbocycles. The predicted octanol–water partition coefficient (Wildman–Crippen LogP) is 3.95. The predicted molar refractivity (Wildman–Crippen MR) is 106 cm³/mol. The van der Waals surface area contributed by atoms with Gasteiger partial charge in [-0.25, -0.2) is 4.79 Å². The summed E-state index contributed by atoms with van der Waals surface area (Å²) in [5, 5.41) is 2.99. The molecular formula is C22H24N4O. The zero-order valence-corrected chi connectivity index (χ0v) is 15.5. The van der Waals surface area contributed by atoms with Crippen molar-refractivity contribution in [2.24, 2.45) is 0 Å². The van der Waals surface area contributed by atoms with Crippen molar-refractivity contribution in [2.45, 2.75) is 33.0 Å². The van der Waals surface area contributed by atoms with Crippen LogP contribution in [-0.2, 0) is 26.1 Å². The minimum Gasteiger partial charge on any atom is -0.334 e. The van der Waals surface area contributed by atoms with Gasteiger partial charge in [0.2, 0.25) is 0 Å². The number of carbonyl (C=O) groups is 1. The zero-order chi connectivity index (χ0) is 18.9. The molecule has 0 bridgehead atoms. The monoisotopic (exact) mass is 360 g/mol. The highest BCUT2D eigenvalue weighted by atomic mass is 16.2. The summed E-state index contributed by atoms with van der Waals surface area (Å²) in [5.41, 5.74) is 4.37. The lowest BCUT2D eigenvalue weighted by Gasteiger charge is -2.23. The van der Waals surface area contributed by atoms with Gasteiger partial charge in [-0.3, -0.25) is 9.97 Å². The fraction of sp³-hybridized carbons (Fsp3) is 0.227. The van der Waals surface area contributed by atoms with Crippen LogP contribution in [0.3, 0.4) is 0 Å². The molecule has 0 aliphatic heterocycles. The van der Waals surface area contributed by atoms with Crippen molar-refractivity contribution in [1.82, 2.24) is 20.2 Å². The maximum Gasteiger partial charge on any atom is 0.318 e. The van der Waals surface area contributed by atoms with Crippen LogP contribution < -0.4 is 5.32 Å². The van der Waals surface area contributed by atoms with E-state index in [0.717, 1.165) is 23.1 Å². The van der Waals surface area contributed by atoms with E-state index in [1.54, 1.807) is 29.7 Å². The third-order valence-electron chi connectivity index (χ3n) is 4.35. The summed E-state index contributed by atoms with van der Waals surface area (Å²) in [7, 11) is 0. The average molecular weight is 360 g/mol. The summed E-state index contributed by atoms with van der Waals surface area (Å²) in [6.45, 7) is 3.63. The van der Waals surface area contributed by atoms with Crippen LogP contribution in [0.1, 0.15) is 29.2 Å². The van der Waals surface area contributed by atoms with Crippen molar-refractivity contribution in [3.05, 3.63) is 95.6 Å². The highest BCUT2D eigenvalue weighted by Crippen LogP contribution is 2.12. The first-order valence-electron chi connectivity index (χ1n) is 9.13. The Kier molecular flexibility index (Phi) is 6.52. The van der Waals surface area contributed by atoms with Gasteiger partial charge in [0, 0.05) is 44.4 Å². The fourth-order valence-electron chi connectivity index (χ4n) is 2.80. The van der Waals surface area contributed by atoms with Crippen LogP contribution in [0.5, 0.6) is 0 Å². The largest absolute Gasteiger partial charge is 0.334 e. The topological polar surface area (TPSA) is 58.1 Å². The average Bonchev–Trinajstić information content (AvgIpc) is 2.73. The molecule has 2 heterocycles. The van der Waals surface area contributed by atoms with Crippen LogP contribution >= 0.6 is 0 Å². The molecule has 0 aliphatic rings. The molecule has 1 N–H and O–H groups in total. The first-order chi connectivity index (χ1) is 13.2. The molecular weight excluding hydrogens is 336 g/mol. The molecule has 5 nitrogen and oxygen atoms in total. The van der Waals surface area contributed by atoms with Crippen LogP contribution in [-0.4, -0.2) is 20.9 Å². The van der Waals surface area contributed by atoms with E-state index in [9.17, 15) is 4.79 Å². The third-order valence-corrected chi connectivity index (χ3v) is 4.35. The number of aromatic nitrogens is 2. The van der Waals surface area contributed by atoms with Gasteiger partial charge in [0.25, 0.3) is 0 Å². The quantitative estimate of drug-likeness (QED) is 0.694. The van der Waals surface area contributed by atoms with E-state index in [2.05, 4.69) is 46.5 Å². The van der Waals surface area contributed by atoms with Gasteiger partial charge in [-0.15, -0.1) is 0 Å². The molecule has 5 heteroatoms. The van der Waals surface area contributed by atoms with E-state index in [-0.39, 0.29) is 6.03 Å². The van der Waals surface area contributed by atoms with Crippen LogP contribution in [0, 0.1) is 0 Å². The second kappa shape index (κ2) is 9.48. The number of pyridine rings is 2. The van der Waals surface area contributed by atoms with Gasteiger partial charge in [0.1, 0.15) is 0 Å². The van der Waals surface area contributed by atoms with E-state index < -0.39 is 0 Å². The molecule has 0 saturated heterocycles. The molecule has 27 heavy (non-hydrogen) atoms. The van der Waals surface area contributed by atoms with Crippen LogP contribution in [0.2, 0.25) is 0 Å². The molecule has 138 valence electrons. The van der Waals surface area contributed by atoms with Crippen LogP contribution in [0.25, 0.3) is 0 Å². The Morgan fingerprint density at radius 1 is 0.852 bits per heavy atom. The minimum atomic E-state index is -0.109. The number of carbonyl (C=O) groups excluding carboxylic acids is 1. The van der Waals surface area contributed by atoms with Gasteiger partial charge in [-0.2, -0.15) is 0 Å².